The number of carbonyl (C=O) groups excluding carboxylic acids is 1. The zero-order valence-corrected chi connectivity index (χ0v) is 23.9. The van der Waals surface area contributed by atoms with Gasteiger partial charge in [-0.3, -0.25) is 9.69 Å². The molecule has 2 aromatic heterocycles. The lowest BCUT2D eigenvalue weighted by Gasteiger charge is -2.37. The van der Waals surface area contributed by atoms with Gasteiger partial charge in [-0.05, 0) is 38.4 Å². The second-order valence-electron chi connectivity index (χ2n) is 9.84. The number of nitrogens with zero attached hydrogens (tertiary/aromatic N) is 6. The number of piperazine rings is 1. The largest absolute Gasteiger partial charge is 0.494 e. The first kappa shape index (κ1) is 27.5. The second-order valence-corrected chi connectivity index (χ2v) is 10.7. The Hall–Kier alpha value is -4.06. The van der Waals surface area contributed by atoms with E-state index in [1.54, 1.807) is 18.4 Å². The Morgan fingerprint density at radius 3 is 2.67 bits per heavy atom. The van der Waals surface area contributed by atoms with Crippen molar-refractivity contribution in [1.82, 2.24) is 24.8 Å². The second kappa shape index (κ2) is 12.4. The SMILES string of the molecule is C=CC(=O)Nc1cc(Nc2cc(-c3ccc4ncsc4c3)ncn2)c(OC)cc1N1CCN(CCN(C)C)CC1. The Bertz CT molecular complexity index is 1500. The smallest absolute Gasteiger partial charge is 0.247 e. The highest BCUT2D eigenvalue weighted by Crippen LogP contribution is 2.39. The van der Waals surface area contributed by atoms with E-state index in [4.69, 9.17) is 4.74 Å². The zero-order valence-electron chi connectivity index (χ0n) is 23.1. The molecule has 0 aliphatic carbocycles. The van der Waals surface area contributed by atoms with E-state index >= 15 is 0 Å². The Morgan fingerprint density at radius 2 is 1.93 bits per heavy atom. The van der Waals surface area contributed by atoms with E-state index in [1.165, 1.54) is 12.4 Å². The molecule has 208 valence electrons. The van der Waals surface area contributed by atoms with E-state index in [-0.39, 0.29) is 5.91 Å². The highest BCUT2D eigenvalue weighted by Gasteiger charge is 2.22. The van der Waals surface area contributed by atoms with Crippen molar-refractivity contribution in [2.24, 2.45) is 0 Å². The summed E-state index contributed by atoms with van der Waals surface area (Å²) in [5, 5.41) is 6.35. The van der Waals surface area contributed by atoms with Crippen molar-refractivity contribution >= 4 is 50.3 Å². The maximum Gasteiger partial charge on any atom is 0.247 e. The van der Waals surface area contributed by atoms with Gasteiger partial charge < -0.3 is 25.2 Å². The summed E-state index contributed by atoms with van der Waals surface area (Å²) in [7, 11) is 5.83. The molecule has 1 saturated heterocycles. The summed E-state index contributed by atoms with van der Waals surface area (Å²) in [4.78, 5) is 32.6. The summed E-state index contributed by atoms with van der Waals surface area (Å²) in [5.74, 6) is 0.980. The number of thiazole rings is 1. The van der Waals surface area contributed by atoms with Crippen LogP contribution in [0.15, 0.2) is 60.9 Å². The molecular formula is C29H34N8O2S. The normalized spacial score (nSPS) is 13.9. The molecule has 1 fully saturated rings. The van der Waals surface area contributed by atoms with Gasteiger partial charge >= 0.3 is 0 Å². The van der Waals surface area contributed by atoms with Crippen molar-refractivity contribution < 1.29 is 9.53 Å². The van der Waals surface area contributed by atoms with Gasteiger partial charge in [-0.15, -0.1) is 11.3 Å². The average molecular weight is 559 g/mol. The maximum absolute atomic E-state index is 12.4. The number of likely N-dealkylation sites (N-methyl/N-ethyl adjacent to an activating group) is 1. The Kier molecular flexibility index (Phi) is 8.54. The molecule has 0 unspecified atom stereocenters. The van der Waals surface area contributed by atoms with Crippen LogP contribution >= 0.6 is 11.3 Å². The highest BCUT2D eigenvalue weighted by atomic mass is 32.1. The van der Waals surface area contributed by atoms with E-state index in [9.17, 15) is 4.79 Å². The van der Waals surface area contributed by atoms with E-state index in [0.717, 1.165) is 66.4 Å². The minimum Gasteiger partial charge on any atom is -0.494 e. The Morgan fingerprint density at radius 1 is 1.10 bits per heavy atom. The number of fused-ring (bicyclic) bond motifs is 1. The Balaban J connectivity index is 1.41. The quantitative estimate of drug-likeness (QED) is 0.276. The number of carbonyl (C=O) groups is 1. The number of rotatable bonds is 10. The summed E-state index contributed by atoms with van der Waals surface area (Å²) in [6.07, 6.45) is 2.81. The third-order valence-electron chi connectivity index (χ3n) is 6.89. The molecular weight excluding hydrogens is 524 g/mol. The molecule has 11 heteroatoms. The van der Waals surface area contributed by atoms with Gasteiger partial charge in [0.25, 0.3) is 0 Å². The molecule has 3 heterocycles. The molecule has 0 atom stereocenters. The van der Waals surface area contributed by atoms with E-state index < -0.39 is 0 Å². The number of nitrogens with one attached hydrogen (secondary N) is 2. The molecule has 1 aliphatic heterocycles. The molecule has 0 radical (unpaired) electrons. The fourth-order valence-corrected chi connectivity index (χ4v) is 5.39. The van der Waals surface area contributed by atoms with Crippen LogP contribution in [0.4, 0.5) is 22.9 Å². The van der Waals surface area contributed by atoms with E-state index in [0.29, 0.717) is 22.9 Å². The van der Waals surface area contributed by atoms with Gasteiger partial charge in [0, 0.05) is 57.0 Å². The van der Waals surface area contributed by atoms with E-state index in [1.807, 2.05) is 35.8 Å². The molecule has 5 rings (SSSR count). The van der Waals surface area contributed by atoms with Gasteiger partial charge in [0.15, 0.2) is 0 Å². The first-order valence-corrected chi connectivity index (χ1v) is 14.0. The highest BCUT2D eigenvalue weighted by molar-refractivity contribution is 7.16. The molecule has 0 bridgehead atoms. The molecule has 1 amide bonds. The molecule has 2 N–H and O–H groups in total. The predicted molar refractivity (Wildman–Crippen MR) is 163 cm³/mol. The van der Waals surface area contributed by atoms with Gasteiger partial charge in [0.2, 0.25) is 5.91 Å². The number of anilines is 4. The van der Waals surface area contributed by atoms with Crippen LogP contribution in [0.1, 0.15) is 0 Å². The lowest BCUT2D eigenvalue weighted by molar-refractivity contribution is -0.111. The van der Waals surface area contributed by atoms with Crippen LogP contribution in [-0.4, -0.2) is 91.1 Å². The molecule has 40 heavy (non-hydrogen) atoms. The summed E-state index contributed by atoms with van der Waals surface area (Å²) >= 11 is 1.60. The van der Waals surface area contributed by atoms with Crippen molar-refractivity contribution in [1.29, 1.82) is 0 Å². The number of benzene rings is 2. The minimum absolute atomic E-state index is 0.273. The van der Waals surface area contributed by atoms with Gasteiger partial charge in [-0.1, -0.05) is 12.6 Å². The van der Waals surface area contributed by atoms with Gasteiger partial charge in [-0.2, -0.15) is 0 Å². The topological polar surface area (TPSA) is 98.7 Å². The summed E-state index contributed by atoms with van der Waals surface area (Å²) in [5.41, 5.74) is 6.84. The standard InChI is InChI=1S/C29H34N8O2S/c1-5-29(38)34-23-15-24(26(39-4)17-25(23)37-12-10-36(11-13-37)9-8-35(2)3)33-28-16-22(30-18-31-28)20-6-7-21-27(14-20)40-19-32-21/h5-7,14-19H,1,8-13H2,2-4H3,(H,34,38)(H,30,31,33). The zero-order chi connectivity index (χ0) is 28.1. The van der Waals surface area contributed by atoms with Crippen molar-refractivity contribution in [2.45, 2.75) is 0 Å². The van der Waals surface area contributed by atoms with Crippen molar-refractivity contribution in [2.75, 3.05) is 76.0 Å². The van der Waals surface area contributed by atoms with E-state index in [2.05, 4.69) is 67.0 Å². The lowest BCUT2D eigenvalue weighted by atomic mass is 10.1. The van der Waals surface area contributed by atoms with Gasteiger partial charge in [-0.25, -0.2) is 15.0 Å². The van der Waals surface area contributed by atoms with Gasteiger partial charge in [0.1, 0.15) is 17.9 Å². The first-order chi connectivity index (χ1) is 19.4. The number of hydrogen-bond donors (Lipinski definition) is 2. The molecule has 0 spiro atoms. The van der Waals surface area contributed by atoms with Crippen molar-refractivity contribution in [3.8, 4) is 17.0 Å². The number of ether oxygens (including phenoxy) is 1. The molecule has 2 aromatic carbocycles. The molecule has 1 aliphatic rings. The minimum atomic E-state index is -0.273. The van der Waals surface area contributed by atoms with Crippen LogP contribution in [0.2, 0.25) is 0 Å². The molecule has 0 saturated carbocycles. The molecule has 4 aromatic rings. The van der Waals surface area contributed by atoms with Crippen LogP contribution in [0.3, 0.4) is 0 Å². The number of amides is 1. The summed E-state index contributed by atoms with van der Waals surface area (Å²) in [6, 6.07) is 11.8. The van der Waals surface area contributed by atoms with Gasteiger partial charge in [0.05, 0.1) is 45.6 Å². The number of methoxy groups -OCH3 is 1. The van der Waals surface area contributed by atoms with Crippen LogP contribution in [0, 0.1) is 0 Å². The fourth-order valence-electron chi connectivity index (χ4n) is 4.67. The maximum atomic E-state index is 12.4. The third kappa shape index (κ3) is 6.39. The van der Waals surface area contributed by atoms with Crippen molar-refractivity contribution in [3.63, 3.8) is 0 Å². The summed E-state index contributed by atoms with van der Waals surface area (Å²) in [6.45, 7) is 9.27. The third-order valence-corrected chi connectivity index (χ3v) is 7.69. The average Bonchev–Trinajstić information content (AvgIpc) is 3.45. The van der Waals surface area contributed by atoms with Crippen LogP contribution < -0.4 is 20.3 Å². The monoisotopic (exact) mass is 558 g/mol. The van der Waals surface area contributed by atoms with Crippen molar-refractivity contribution in [3.05, 3.63) is 60.9 Å². The van der Waals surface area contributed by atoms with Crippen LogP contribution in [-0.2, 0) is 4.79 Å². The fraction of sp³-hybridized carbons (Fsp3) is 0.310. The number of aromatic nitrogens is 3. The molecule has 10 nitrogen and oxygen atoms in total. The lowest BCUT2D eigenvalue weighted by Crippen LogP contribution is -2.48. The summed E-state index contributed by atoms with van der Waals surface area (Å²) < 4.78 is 6.89. The number of hydrogen-bond acceptors (Lipinski definition) is 10. The first-order valence-electron chi connectivity index (χ1n) is 13.1. The predicted octanol–water partition coefficient (Wildman–Crippen LogP) is 4.31. The van der Waals surface area contributed by atoms with Crippen LogP contribution in [0.5, 0.6) is 5.75 Å². The van der Waals surface area contributed by atoms with Crippen LogP contribution in [0.25, 0.3) is 21.5 Å². The Labute approximate surface area is 238 Å².